The Morgan fingerprint density at radius 1 is 1.33 bits per heavy atom. The zero-order valence-electron chi connectivity index (χ0n) is 5.77. The molecule has 0 fully saturated rings. The summed E-state index contributed by atoms with van der Waals surface area (Å²) in [4.78, 5) is 6.11. The predicted octanol–water partition coefficient (Wildman–Crippen LogP) is -2.08. The first-order chi connectivity index (χ1) is 4.61. The van der Waals surface area contributed by atoms with Gasteiger partial charge in [0.05, 0.1) is 0 Å². The Labute approximate surface area is 89.2 Å². The van der Waals surface area contributed by atoms with Crippen LogP contribution >= 0.6 is 0 Å². The molecular weight excluding hydrogens is 205 g/mol. The van der Waals surface area contributed by atoms with E-state index in [0.29, 0.717) is 0 Å². The van der Waals surface area contributed by atoms with Gasteiger partial charge in [0.2, 0.25) is 0 Å². The number of hydrogen-bond acceptors (Lipinski definition) is 2. The molecule has 1 rings (SSSR count). The van der Waals surface area contributed by atoms with Crippen LogP contribution in [0.1, 0.15) is 5.69 Å². The number of halogens is 4. The second-order valence-corrected chi connectivity index (χ2v) is 1.54. The molecule has 0 aromatic carbocycles. The normalized spacial score (nSPS) is 9.58. The molecule has 0 atom stereocenters. The van der Waals surface area contributed by atoms with E-state index in [2.05, 4.69) is 9.97 Å². The first kappa shape index (κ1) is 14.5. The molecule has 0 saturated heterocycles. The summed E-state index contributed by atoms with van der Waals surface area (Å²) in [5, 5.41) is 0. The number of hydrogen-bond donors (Lipinski definition) is 0. The van der Waals surface area contributed by atoms with E-state index in [9.17, 15) is 13.2 Å². The van der Waals surface area contributed by atoms with E-state index < -0.39 is 11.9 Å². The van der Waals surface area contributed by atoms with Gasteiger partial charge in [0, 0.05) is 12.0 Å². The molecule has 7 heteroatoms. The molecule has 1 aromatic rings. The number of nitrogens with zero attached hydrogens (tertiary/aromatic N) is 2. The Balaban J connectivity index is 0. The van der Waals surface area contributed by atoms with Crippen LogP contribution < -0.4 is 12.4 Å². The van der Waals surface area contributed by atoms with Crippen LogP contribution in [0.2, 0.25) is 0 Å². The van der Waals surface area contributed by atoms with E-state index in [-0.39, 0.29) is 35.5 Å². The molecule has 0 saturated carbocycles. The van der Waals surface area contributed by atoms with Crippen molar-refractivity contribution < 1.29 is 25.6 Å². The van der Waals surface area contributed by atoms with Gasteiger partial charge in [0.15, 0.2) is 0 Å². The van der Waals surface area contributed by atoms with Crippen molar-refractivity contribution in [2.75, 3.05) is 0 Å². The van der Waals surface area contributed by atoms with Crippen LogP contribution in [0.25, 0.3) is 0 Å². The molecule has 0 N–H and O–H groups in total. The number of alkyl halides is 3. The van der Waals surface area contributed by atoms with Gasteiger partial charge in [0.1, 0.15) is 0 Å². The van der Waals surface area contributed by atoms with Gasteiger partial charge in [-0.25, -0.2) is 0 Å². The summed E-state index contributed by atoms with van der Waals surface area (Å²) in [6, 6.07) is 0.788. The Hall–Kier alpha value is -0.0738. The molecule has 0 amide bonds. The summed E-state index contributed by atoms with van der Waals surface area (Å²) in [6.07, 6.45) is -1.55. The number of rotatable bonds is 0. The van der Waals surface area contributed by atoms with Gasteiger partial charge < -0.3 is 22.4 Å². The van der Waals surface area contributed by atoms with Gasteiger partial charge in [0.25, 0.3) is 0 Å². The van der Waals surface area contributed by atoms with Crippen molar-refractivity contribution in [3.63, 3.8) is 0 Å². The summed E-state index contributed by atoms with van der Waals surface area (Å²) >= 11 is 0. The molecule has 0 aliphatic rings. The van der Waals surface area contributed by atoms with Crippen LogP contribution in [0.5, 0.6) is 0 Å². The third kappa shape index (κ3) is 4.08. The Bertz CT molecular complexity index is 216. The summed E-state index contributed by atoms with van der Waals surface area (Å²) in [5.41, 5.74) is -0.970. The van der Waals surface area contributed by atoms with Crippen LogP contribution in [0, 0.1) is 6.33 Å². The zero-order valence-corrected chi connectivity index (χ0v) is 7.94. The molecule has 1 heterocycles. The first-order valence-corrected chi connectivity index (χ1v) is 2.37. The monoisotopic (exact) mass is 206 g/mol. The SMILES string of the molecule is FC(F)(F)c1ccn[c-]n1.[Cl-].[Mg+2]. The standard InChI is InChI=1S/C5H2F3N2.ClH.Mg/c6-5(7,8)4-1-2-9-3-10-4;;/h1-2H;1H;/q-1;;+2/p-1. The Kier molecular flexibility index (Phi) is 6.68. The van der Waals surface area contributed by atoms with Gasteiger partial charge >= 0.3 is 29.2 Å². The molecule has 0 aliphatic carbocycles. The fourth-order valence-electron chi connectivity index (χ4n) is 0.419. The summed E-state index contributed by atoms with van der Waals surface area (Å²) in [6.45, 7) is 0. The average molecular weight is 207 g/mol. The van der Waals surface area contributed by atoms with Crippen LogP contribution in [-0.2, 0) is 6.18 Å². The van der Waals surface area contributed by atoms with Gasteiger partial charge in [-0.05, 0) is 0 Å². The quantitative estimate of drug-likeness (QED) is 0.360. The maximum Gasteiger partial charge on any atom is 2.00 e. The molecular formula is C5H2ClF3MgN2. The molecule has 0 radical (unpaired) electrons. The molecule has 2 nitrogen and oxygen atoms in total. The van der Waals surface area contributed by atoms with E-state index >= 15 is 0 Å². The van der Waals surface area contributed by atoms with Crippen LogP contribution in [-0.4, -0.2) is 33.0 Å². The molecule has 0 bridgehead atoms. The maximum absolute atomic E-state index is 11.7. The number of aromatic nitrogens is 2. The third-order valence-corrected chi connectivity index (χ3v) is 0.826. The molecule has 1 aromatic heterocycles. The van der Waals surface area contributed by atoms with E-state index in [0.717, 1.165) is 12.3 Å². The van der Waals surface area contributed by atoms with Crippen molar-refractivity contribution in [3.05, 3.63) is 24.3 Å². The van der Waals surface area contributed by atoms with Gasteiger partial charge in [-0.2, -0.15) is 13.2 Å². The van der Waals surface area contributed by atoms with Gasteiger partial charge in [-0.1, -0.05) is 6.20 Å². The van der Waals surface area contributed by atoms with Crippen LogP contribution in [0.3, 0.4) is 0 Å². The van der Waals surface area contributed by atoms with Crippen molar-refractivity contribution in [2.24, 2.45) is 0 Å². The Morgan fingerprint density at radius 3 is 2.17 bits per heavy atom. The van der Waals surface area contributed by atoms with Crippen molar-refractivity contribution in [3.8, 4) is 0 Å². The summed E-state index contributed by atoms with van der Waals surface area (Å²) in [5.74, 6) is 0. The van der Waals surface area contributed by atoms with Crippen molar-refractivity contribution in [1.29, 1.82) is 0 Å². The zero-order chi connectivity index (χ0) is 7.61. The molecule has 0 spiro atoms. The minimum atomic E-state index is -4.39. The largest absolute Gasteiger partial charge is 2.00 e. The van der Waals surface area contributed by atoms with Crippen molar-refractivity contribution >= 4 is 23.1 Å². The van der Waals surface area contributed by atoms with Crippen molar-refractivity contribution in [2.45, 2.75) is 6.18 Å². The van der Waals surface area contributed by atoms with Gasteiger partial charge in [-0.3, -0.25) is 0 Å². The summed E-state index contributed by atoms with van der Waals surface area (Å²) in [7, 11) is 0. The second kappa shape index (κ2) is 5.55. The molecule has 12 heavy (non-hydrogen) atoms. The van der Waals surface area contributed by atoms with E-state index in [1.165, 1.54) is 0 Å². The maximum atomic E-state index is 11.7. The molecule has 0 unspecified atom stereocenters. The minimum Gasteiger partial charge on any atom is -1.00 e. The minimum absolute atomic E-state index is 0. The predicted molar refractivity (Wildman–Crippen MR) is 31.6 cm³/mol. The molecule has 0 aliphatic heterocycles. The third-order valence-electron chi connectivity index (χ3n) is 0.826. The topological polar surface area (TPSA) is 25.8 Å². The van der Waals surface area contributed by atoms with Crippen LogP contribution in [0.4, 0.5) is 13.2 Å². The first-order valence-electron chi connectivity index (χ1n) is 2.37. The van der Waals surface area contributed by atoms with Crippen molar-refractivity contribution in [1.82, 2.24) is 9.97 Å². The summed E-state index contributed by atoms with van der Waals surface area (Å²) < 4.78 is 35.0. The second-order valence-electron chi connectivity index (χ2n) is 1.54. The van der Waals surface area contributed by atoms with E-state index in [1.54, 1.807) is 0 Å². The fraction of sp³-hybridized carbons (Fsp3) is 0.200. The van der Waals surface area contributed by atoms with E-state index in [4.69, 9.17) is 0 Å². The Morgan fingerprint density at radius 2 is 1.92 bits per heavy atom. The fourth-order valence-corrected chi connectivity index (χ4v) is 0.419. The smallest absolute Gasteiger partial charge is 1.00 e. The van der Waals surface area contributed by atoms with Gasteiger partial charge in [-0.15, -0.1) is 6.07 Å². The van der Waals surface area contributed by atoms with E-state index in [1.807, 2.05) is 6.33 Å². The molecule has 62 valence electrons. The average Bonchev–Trinajstić information content (AvgIpc) is 1.88. The van der Waals surface area contributed by atoms with Crippen LogP contribution in [0.15, 0.2) is 12.3 Å².